The molecule has 1 atom stereocenters. The first-order valence-electron chi connectivity index (χ1n) is 9.99. The number of aromatic nitrogens is 1. The summed E-state index contributed by atoms with van der Waals surface area (Å²) in [7, 11) is 1.45. The Labute approximate surface area is 182 Å². The van der Waals surface area contributed by atoms with Crippen molar-refractivity contribution in [1.82, 2.24) is 14.9 Å². The summed E-state index contributed by atoms with van der Waals surface area (Å²) in [5.74, 6) is -4.30. The number of amides is 2. The summed E-state index contributed by atoms with van der Waals surface area (Å²) in [5, 5.41) is 22.6. The van der Waals surface area contributed by atoms with Crippen molar-refractivity contribution in [3.05, 3.63) is 62.6 Å². The van der Waals surface area contributed by atoms with Crippen LogP contribution in [0.2, 0.25) is 0 Å². The van der Waals surface area contributed by atoms with Gasteiger partial charge in [0.05, 0.1) is 6.10 Å². The average Bonchev–Trinajstić information content (AvgIpc) is 2.72. The number of nitrogens with one attached hydrogen (secondary N) is 2. The third kappa shape index (κ3) is 4.72. The quantitative estimate of drug-likeness (QED) is 0.550. The van der Waals surface area contributed by atoms with Crippen LogP contribution in [-0.4, -0.2) is 57.8 Å². The van der Waals surface area contributed by atoms with Gasteiger partial charge in [-0.2, -0.15) is 0 Å². The zero-order chi connectivity index (χ0) is 23.6. The lowest BCUT2D eigenvalue weighted by atomic mass is 10.1. The van der Waals surface area contributed by atoms with Crippen LogP contribution in [0, 0.1) is 18.6 Å². The fourth-order valence-corrected chi connectivity index (χ4v) is 3.38. The molecule has 3 rings (SSSR count). The third-order valence-electron chi connectivity index (χ3n) is 5.25. The van der Waals surface area contributed by atoms with Crippen LogP contribution in [0.25, 0.3) is 0 Å². The number of aliphatic hydroxyl groups is 1. The van der Waals surface area contributed by atoms with E-state index < -0.39 is 52.8 Å². The van der Waals surface area contributed by atoms with Gasteiger partial charge in [-0.1, -0.05) is 0 Å². The summed E-state index contributed by atoms with van der Waals surface area (Å²) in [6, 6.07) is 2.23. The molecule has 0 saturated carbocycles. The number of benzene rings is 1. The van der Waals surface area contributed by atoms with Crippen molar-refractivity contribution in [1.29, 1.82) is 0 Å². The van der Waals surface area contributed by atoms with Gasteiger partial charge >= 0.3 is 0 Å². The molecule has 1 aliphatic rings. The molecule has 11 heteroatoms. The number of hydrogen-bond donors (Lipinski definition) is 4. The molecule has 0 aliphatic carbocycles. The van der Waals surface area contributed by atoms with Crippen LogP contribution in [0.5, 0.6) is 5.75 Å². The Balaban J connectivity index is 1.93. The van der Waals surface area contributed by atoms with E-state index >= 15 is 0 Å². The number of hydrogen-bond acceptors (Lipinski definition) is 6. The van der Waals surface area contributed by atoms with Gasteiger partial charge in [-0.05, 0) is 37.5 Å². The van der Waals surface area contributed by atoms with Crippen LogP contribution >= 0.6 is 0 Å². The van der Waals surface area contributed by atoms with Crippen molar-refractivity contribution >= 4 is 11.8 Å². The number of aromatic hydroxyl groups is 1. The molecule has 0 fully saturated rings. The Morgan fingerprint density at radius 1 is 1.25 bits per heavy atom. The van der Waals surface area contributed by atoms with E-state index in [1.54, 1.807) is 0 Å². The Morgan fingerprint density at radius 3 is 2.56 bits per heavy atom. The predicted molar refractivity (Wildman–Crippen MR) is 111 cm³/mol. The highest BCUT2D eigenvalue weighted by Gasteiger charge is 2.27. The van der Waals surface area contributed by atoms with E-state index in [2.05, 4.69) is 10.7 Å². The maximum absolute atomic E-state index is 14.0. The molecule has 172 valence electrons. The molecule has 2 aromatic rings. The molecule has 4 N–H and O–H groups in total. The van der Waals surface area contributed by atoms with Crippen LogP contribution < -0.4 is 16.2 Å². The number of fused-ring (bicyclic) bond motifs is 1. The van der Waals surface area contributed by atoms with E-state index in [0.717, 1.165) is 23.0 Å². The van der Waals surface area contributed by atoms with Gasteiger partial charge in [0.1, 0.15) is 17.2 Å². The highest BCUT2D eigenvalue weighted by atomic mass is 19.1. The third-order valence-corrected chi connectivity index (χ3v) is 5.25. The smallest absolute Gasteiger partial charge is 0.276 e. The van der Waals surface area contributed by atoms with Crippen molar-refractivity contribution in [2.75, 3.05) is 25.6 Å². The molecule has 2 heterocycles. The summed E-state index contributed by atoms with van der Waals surface area (Å²) in [6.07, 6.45) is 1.01. The second kappa shape index (κ2) is 9.35. The zero-order valence-electron chi connectivity index (χ0n) is 17.6. The van der Waals surface area contributed by atoms with Crippen molar-refractivity contribution in [3.8, 4) is 5.75 Å². The minimum Gasteiger partial charge on any atom is -0.502 e. The topological polar surface area (TPSA) is 124 Å². The molecule has 1 unspecified atom stereocenters. The molecule has 1 aromatic heterocycles. The highest BCUT2D eigenvalue weighted by Crippen LogP contribution is 2.18. The summed E-state index contributed by atoms with van der Waals surface area (Å²) in [6.45, 7) is 1.38. The Hall–Kier alpha value is -3.47. The van der Waals surface area contributed by atoms with Crippen molar-refractivity contribution in [2.45, 2.75) is 32.4 Å². The van der Waals surface area contributed by atoms with Crippen molar-refractivity contribution < 1.29 is 28.6 Å². The maximum Gasteiger partial charge on any atom is 0.276 e. The van der Waals surface area contributed by atoms with Crippen LogP contribution in [0.3, 0.4) is 0 Å². The number of carbonyl (C=O) groups is 2. The number of halogens is 2. The summed E-state index contributed by atoms with van der Waals surface area (Å²) < 4.78 is 29.1. The Kier molecular flexibility index (Phi) is 6.78. The molecule has 2 amide bonds. The number of pyridine rings is 1. The van der Waals surface area contributed by atoms with Gasteiger partial charge in [-0.3, -0.25) is 19.1 Å². The number of nitrogens with zero attached hydrogens (tertiary/aromatic N) is 2. The fourth-order valence-electron chi connectivity index (χ4n) is 3.38. The van der Waals surface area contributed by atoms with E-state index in [0.29, 0.717) is 18.4 Å². The zero-order valence-corrected chi connectivity index (χ0v) is 17.6. The Bertz CT molecular complexity index is 1100. The first-order valence-corrected chi connectivity index (χ1v) is 9.99. The summed E-state index contributed by atoms with van der Waals surface area (Å²) >= 11 is 0. The van der Waals surface area contributed by atoms with Crippen LogP contribution in [0.4, 0.5) is 8.78 Å². The number of rotatable bonds is 3. The van der Waals surface area contributed by atoms with E-state index in [1.165, 1.54) is 18.9 Å². The van der Waals surface area contributed by atoms with Gasteiger partial charge < -0.3 is 25.9 Å². The average molecular weight is 450 g/mol. The van der Waals surface area contributed by atoms with E-state index in [4.69, 9.17) is 0 Å². The molecule has 9 nitrogen and oxygen atoms in total. The maximum atomic E-state index is 14.0. The number of carbonyl (C=O) groups excluding carboxylic acids is 2. The van der Waals surface area contributed by atoms with E-state index in [9.17, 15) is 33.4 Å². The molecule has 1 aliphatic heterocycles. The van der Waals surface area contributed by atoms with Gasteiger partial charge in [0.2, 0.25) is 5.43 Å². The normalized spacial score (nSPS) is 16.8. The monoisotopic (exact) mass is 450 g/mol. The van der Waals surface area contributed by atoms with Gasteiger partial charge in [-0.25, -0.2) is 8.78 Å². The lowest BCUT2D eigenvalue weighted by molar-refractivity contribution is 0.0737. The first-order chi connectivity index (χ1) is 15.1. The minimum absolute atomic E-state index is 0.189. The highest BCUT2D eigenvalue weighted by molar-refractivity contribution is 5.98. The lowest BCUT2D eigenvalue weighted by Gasteiger charge is -2.25. The second-order valence-electron chi connectivity index (χ2n) is 7.69. The van der Waals surface area contributed by atoms with Crippen LogP contribution in [-0.2, 0) is 6.54 Å². The summed E-state index contributed by atoms with van der Waals surface area (Å²) in [4.78, 5) is 39.2. The fraction of sp³-hybridized carbons (Fsp3) is 0.381. The van der Waals surface area contributed by atoms with Gasteiger partial charge in [0.15, 0.2) is 11.4 Å². The molecule has 0 radical (unpaired) electrons. The van der Waals surface area contributed by atoms with Crippen molar-refractivity contribution in [2.24, 2.45) is 0 Å². The standard InChI is InChI=1S/C21H24F2N4O5/c1-11-7-15(22)13(16(23)8-11)9-24-20(31)14-10-27-17(19(30)18(14)29)21(32)26(2)6-4-12(28)3-5-25-27/h7-8,10,12,25,28,30H,3-6,9H2,1-2H3,(H,24,31). The van der Waals surface area contributed by atoms with E-state index in [-0.39, 0.29) is 24.3 Å². The molecular weight excluding hydrogens is 426 g/mol. The predicted octanol–water partition coefficient (Wildman–Crippen LogP) is 0.841. The molecule has 0 spiro atoms. The molecule has 32 heavy (non-hydrogen) atoms. The molecule has 0 bridgehead atoms. The molecular formula is C21H24F2N4O5. The number of aliphatic hydroxyl groups excluding tert-OH is 1. The Morgan fingerprint density at radius 2 is 1.91 bits per heavy atom. The number of aryl methyl sites for hydroxylation is 1. The van der Waals surface area contributed by atoms with Gasteiger partial charge in [0.25, 0.3) is 11.8 Å². The van der Waals surface area contributed by atoms with E-state index in [1.807, 2.05) is 0 Å². The van der Waals surface area contributed by atoms with Crippen molar-refractivity contribution in [3.63, 3.8) is 0 Å². The molecule has 0 saturated heterocycles. The van der Waals surface area contributed by atoms with Crippen LogP contribution in [0.1, 0.15) is 44.8 Å². The minimum atomic E-state index is -1.10. The molecule has 1 aromatic carbocycles. The largest absolute Gasteiger partial charge is 0.502 e. The van der Waals surface area contributed by atoms with Gasteiger partial charge in [-0.15, -0.1) is 0 Å². The first kappa shape index (κ1) is 23.2. The van der Waals surface area contributed by atoms with Gasteiger partial charge in [0, 0.05) is 38.4 Å². The lowest BCUT2D eigenvalue weighted by Crippen LogP contribution is -2.39. The SMILES string of the molecule is Cc1cc(F)c(CNC(=O)c2cn3c(c(O)c2=O)C(=O)N(C)CCC(O)CCN3)c(F)c1. The van der Waals surface area contributed by atoms with Crippen LogP contribution in [0.15, 0.2) is 23.1 Å². The second-order valence-corrected chi connectivity index (χ2v) is 7.69. The summed E-state index contributed by atoms with van der Waals surface area (Å²) in [5.41, 5.74) is 0.794.